The molecule has 3 N–H and O–H groups in total. The summed E-state index contributed by atoms with van der Waals surface area (Å²) in [6, 6.07) is 14.5. The molecule has 0 aliphatic carbocycles. The van der Waals surface area contributed by atoms with Crippen molar-refractivity contribution in [3.63, 3.8) is 0 Å². The van der Waals surface area contributed by atoms with Crippen LogP contribution in [0.3, 0.4) is 0 Å². The van der Waals surface area contributed by atoms with Crippen molar-refractivity contribution in [2.24, 2.45) is 0 Å². The number of nitrogens with zero attached hydrogens (tertiary/aromatic N) is 1. The van der Waals surface area contributed by atoms with Gasteiger partial charge in [-0.1, -0.05) is 37.3 Å². The van der Waals surface area contributed by atoms with Crippen LogP contribution in [0.4, 0.5) is 18.9 Å². The molecule has 1 atom stereocenters. The van der Waals surface area contributed by atoms with Crippen LogP contribution in [0.2, 0.25) is 0 Å². The number of hydrogen-bond acceptors (Lipinski definition) is 5. The van der Waals surface area contributed by atoms with Crippen molar-refractivity contribution in [3.05, 3.63) is 59.2 Å². The van der Waals surface area contributed by atoms with Crippen LogP contribution in [0.1, 0.15) is 36.1 Å². The van der Waals surface area contributed by atoms with Gasteiger partial charge in [-0.3, -0.25) is 9.59 Å². The van der Waals surface area contributed by atoms with Gasteiger partial charge in [0.2, 0.25) is 5.91 Å². The Morgan fingerprint density at radius 2 is 1.81 bits per heavy atom. The Labute approximate surface area is 206 Å². The van der Waals surface area contributed by atoms with E-state index in [1.165, 1.54) is 11.1 Å². The molecule has 2 aromatic rings. The van der Waals surface area contributed by atoms with Crippen LogP contribution in [0.15, 0.2) is 42.5 Å². The number of carboxylic acid groups (broad SMARTS) is 1. The summed E-state index contributed by atoms with van der Waals surface area (Å²) in [6.07, 6.45) is -2.96. The van der Waals surface area contributed by atoms with E-state index < -0.39 is 12.1 Å². The largest absolute Gasteiger partial charge is 0.490 e. The maximum Gasteiger partial charge on any atom is 0.490 e. The fourth-order valence-corrected chi connectivity index (χ4v) is 3.88. The first-order valence-corrected chi connectivity index (χ1v) is 11.5. The molecule has 1 fully saturated rings. The van der Waals surface area contributed by atoms with Crippen LogP contribution in [-0.4, -0.2) is 60.2 Å². The molecule has 194 valence electrons. The number of carbonyl (C=O) groups is 3. The molecule has 0 aromatic heterocycles. The van der Waals surface area contributed by atoms with Crippen LogP contribution in [0, 0.1) is 0 Å². The predicted octanol–water partition coefficient (Wildman–Crippen LogP) is 3.32. The molecule has 1 unspecified atom stereocenters. The highest BCUT2D eigenvalue weighted by atomic mass is 19.4. The van der Waals surface area contributed by atoms with Gasteiger partial charge >= 0.3 is 12.1 Å². The lowest BCUT2D eigenvalue weighted by atomic mass is 10.0. The van der Waals surface area contributed by atoms with Crippen molar-refractivity contribution in [2.45, 2.75) is 38.4 Å². The molecule has 2 aliphatic rings. The third kappa shape index (κ3) is 7.45. The number of fused-ring (bicyclic) bond motifs is 1. The number of piperazine rings is 1. The van der Waals surface area contributed by atoms with Gasteiger partial charge < -0.3 is 25.4 Å². The molecule has 36 heavy (non-hydrogen) atoms. The van der Waals surface area contributed by atoms with E-state index in [-0.39, 0.29) is 24.5 Å². The quantitative estimate of drug-likeness (QED) is 0.573. The molecule has 4 rings (SSSR count). The first kappa shape index (κ1) is 27.0. The average molecular weight is 508 g/mol. The number of benzene rings is 2. The lowest BCUT2D eigenvalue weighted by molar-refractivity contribution is -0.192. The summed E-state index contributed by atoms with van der Waals surface area (Å²) in [7, 11) is 0. The molecule has 2 aromatic carbocycles. The zero-order valence-electron chi connectivity index (χ0n) is 19.7. The van der Waals surface area contributed by atoms with E-state index in [1.54, 1.807) is 0 Å². The van der Waals surface area contributed by atoms with Gasteiger partial charge in [-0.2, -0.15) is 13.2 Å². The van der Waals surface area contributed by atoms with Crippen molar-refractivity contribution in [2.75, 3.05) is 31.6 Å². The molecular weight excluding hydrogens is 479 g/mol. The molecule has 2 amide bonds. The Hall–Kier alpha value is -3.60. The van der Waals surface area contributed by atoms with Crippen molar-refractivity contribution < 1.29 is 37.4 Å². The Morgan fingerprint density at radius 3 is 2.44 bits per heavy atom. The zero-order chi connectivity index (χ0) is 26.3. The number of anilines is 1. The SMILES string of the molecule is CCc1ccc(C2CN(C(=O)CCc3ccc4c(c3)NC(=O)CO4)CCN2)cc1.O=C(O)C(F)(F)F. The number of halogens is 3. The standard InChI is InChI=1S/C23H27N3O3.C2HF3O2/c1-2-16-3-7-18(8-4-16)20-14-26(12-11-24-20)23(28)10-6-17-5-9-21-19(13-17)25-22(27)15-29-21;3-2(4,5)1(6)7/h3-5,7-9,13,20,24H,2,6,10-12,14-15H2,1H3,(H,25,27);(H,6,7). The first-order chi connectivity index (χ1) is 17.1. The monoisotopic (exact) mass is 507 g/mol. The van der Waals surface area contributed by atoms with E-state index in [0.29, 0.717) is 30.8 Å². The number of alkyl halides is 3. The second-order valence-corrected chi connectivity index (χ2v) is 8.41. The van der Waals surface area contributed by atoms with Gasteiger partial charge in [0.15, 0.2) is 6.61 Å². The lowest BCUT2D eigenvalue weighted by Crippen LogP contribution is -2.48. The average Bonchev–Trinajstić information content (AvgIpc) is 2.87. The molecule has 11 heteroatoms. The summed E-state index contributed by atoms with van der Waals surface area (Å²) in [5.74, 6) is -2.06. The second-order valence-electron chi connectivity index (χ2n) is 8.41. The molecule has 1 saturated heterocycles. The van der Waals surface area contributed by atoms with Crippen molar-refractivity contribution in [1.29, 1.82) is 0 Å². The Kier molecular flexibility index (Phi) is 8.92. The van der Waals surface area contributed by atoms with Gasteiger partial charge in [-0.15, -0.1) is 0 Å². The topological polar surface area (TPSA) is 108 Å². The minimum Gasteiger partial charge on any atom is -0.482 e. The summed E-state index contributed by atoms with van der Waals surface area (Å²) in [5, 5.41) is 13.5. The normalized spacial score (nSPS) is 17.2. The Balaban J connectivity index is 0.000000454. The molecule has 8 nitrogen and oxygen atoms in total. The number of ether oxygens (including phenoxy) is 1. The maximum absolute atomic E-state index is 12.8. The van der Waals surface area contributed by atoms with E-state index in [4.69, 9.17) is 14.6 Å². The van der Waals surface area contributed by atoms with E-state index >= 15 is 0 Å². The van der Waals surface area contributed by atoms with Gasteiger partial charge in [-0.05, 0) is 41.7 Å². The van der Waals surface area contributed by atoms with Gasteiger partial charge in [0.1, 0.15) is 5.75 Å². The molecule has 2 aliphatic heterocycles. The second kappa shape index (κ2) is 11.9. The molecule has 0 bridgehead atoms. The Bertz CT molecular complexity index is 1090. The summed E-state index contributed by atoms with van der Waals surface area (Å²) in [6.45, 7) is 4.43. The molecule has 0 radical (unpaired) electrons. The van der Waals surface area contributed by atoms with Crippen molar-refractivity contribution in [3.8, 4) is 5.75 Å². The lowest BCUT2D eigenvalue weighted by Gasteiger charge is -2.34. The number of carbonyl (C=O) groups excluding carboxylic acids is 2. The number of carboxylic acids is 1. The van der Waals surface area contributed by atoms with E-state index in [0.717, 1.165) is 25.1 Å². The van der Waals surface area contributed by atoms with Gasteiger partial charge in [0.25, 0.3) is 5.91 Å². The summed E-state index contributed by atoms with van der Waals surface area (Å²) < 4.78 is 37.1. The number of amides is 2. The number of aryl methyl sites for hydroxylation is 2. The minimum absolute atomic E-state index is 0.0518. The predicted molar refractivity (Wildman–Crippen MR) is 126 cm³/mol. The highest BCUT2D eigenvalue weighted by Crippen LogP contribution is 2.29. The third-order valence-electron chi connectivity index (χ3n) is 5.87. The molecule has 0 saturated carbocycles. The number of nitrogens with one attached hydrogen (secondary N) is 2. The van der Waals surface area contributed by atoms with Crippen LogP contribution in [0.25, 0.3) is 0 Å². The number of aliphatic carboxylic acids is 1. The van der Waals surface area contributed by atoms with Crippen LogP contribution in [0.5, 0.6) is 5.75 Å². The van der Waals surface area contributed by atoms with E-state index in [2.05, 4.69) is 41.8 Å². The molecule has 2 heterocycles. The highest BCUT2D eigenvalue weighted by molar-refractivity contribution is 5.95. The fraction of sp³-hybridized carbons (Fsp3) is 0.400. The van der Waals surface area contributed by atoms with Crippen molar-refractivity contribution >= 4 is 23.5 Å². The Morgan fingerprint density at radius 1 is 1.14 bits per heavy atom. The third-order valence-corrected chi connectivity index (χ3v) is 5.87. The van der Waals surface area contributed by atoms with Gasteiger partial charge in [0.05, 0.1) is 5.69 Å². The first-order valence-electron chi connectivity index (χ1n) is 11.5. The van der Waals surface area contributed by atoms with E-state index in [9.17, 15) is 22.8 Å². The number of hydrogen-bond donors (Lipinski definition) is 3. The van der Waals surface area contributed by atoms with Crippen molar-refractivity contribution in [1.82, 2.24) is 10.2 Å². The summed E-state index contributed by atoms with van der Waals surface area (Å²) in [5.41, 5.74) is 4.25. The highest BCUT2D eigenvalue weighted by Gasteiger charge is 2.38. The van der Waals surface area contributed by atoms with Crippen LogP contribution >= 0.6 is 0 Å². The molecular formula is C25H28F3N3O5. The smallest absolute Gasteiger partial charge is 0.482 e. The van der Waals surface area contributed by atoms with Gasteiger partial charge in [0, 0.05) is 32.1 Å². The summed E-state index contributed by atoms with van der Waals surface area (Å²) >= 11 is 0. The van der Waals surface area contributed by atoms with Crippen LogP contribution < -0.4 is 15.4 Å². The fourth-order valence-electron chi connectivity index (χ4n) is 3.88. The van der Waals surface area contributed by atoms with E-state index in [1.807, 2.05) is 23.1 Å². The minimum atomic E-state index is -5.08. The molecule has 0 spiro atoms. The maximum atomic E-state index is 12.8. The zero-order valence-corrected chi connectivity index (χ0v) is 19.7. The van der Waals surface area contributed by atoms with Gasteiger partial charge in [-0.25, -0.2) is 4.79 Å². The summed E-state index contributed by atoms with van der Waals surface area (Å²) in [4.78, 5) is 35.1. The van der Waals surface area contributed by atoms with Crippen LogP contribution in [-0.2, 0) is 27.2 Å². The number of rotatable bonds is 5.